The lowest BCUT2D eigenvalue weighted by molar-refractivity contribution is -0.119. The lowest BCUT2D eigenvalue weighted by atomic mass is 10.1. The summed E-state index contributed by atoms with van der Waals surface area (Å²) >= 11 is 0. The molecular formula is C20H19N3O2. The van der Waals surface area contributed by atoms with Crippen LogP contribution in [0.25, 0.3) is 10.9 Å². The maximum atomic E-state index is 12.8. The highest BCUT2D eigenvalue weighted by molar-refractivity contribution is 5.96. The van der Waals surface area contributed by atoms with Gasteiger partial charge in [0.2, 0.25) is 5.91 Å². The van der Waals surface area contributed by atoms with Gasteiger partial charge < -0.3 is 4.90 Å². The van der Waals surface area contributed by atoms with E-state index in [0.29, 0.717) is 17.4 Å². The Balaban J connectivity index is 1.55. The molecule has 1 amide bonds. The van der Waals surface area contributed by atoms with Crippen molar-refractivity contribution in [3.63, 3.8) is 0 Å². The minimum atomic E-state index is -0.103. The van der Waals surface area contributed by atoms with E-state index in [1.54, 1.807) is 6.07 Å². The smallest absolute Gasteiger partial charge is 0.261 e. The molecule has 1 aliphatic rings. The number of amides is 1. The van der Waals surface area contributed by atoms with Gasteiger partial charge in [-0.1, -0.05) is 30.3 Å². The first-order chi connectivity index (χ1) is 12.1. The van der Waals surface area contributed by atoms with Crippen LogP contribution in [0.1, 0.15) is 18.9 Å². The molecule has 0 unspecified atom stereocenters. The molecule has 0 bridgehead atoms. The highest BCUT2D eigenvalue weighted by Gasteiger charge is 2.30. The van der Waals surface area contributed by atoms with Crippen LogP contribution in [0.4, 0.5) is 5.69 Å². The average molecular weight is 333 g/mol. The fourth-order valence-corrected chi connectivity index (χ4v) is 3.55. The number of carbonyl (C=O) groups is 1. The number of hydrogen-bond acceptors (Lipinski definition) is 3. The Bertz CT molecular complexity index is 1010. The van der Waals surface area contributed by atoms with Gasteiger partial charge in [-0.25, -0.2) is 4.98 Å². The molecule has 0 radical (unpaired) electrons. The molecule has 3 aromatic rings. The van der Waals surface area contributed by atoms with E-state index in [-0.39, 0.29) is 23.9 Å². The molecule has 5 heteroatoms. The molecule has 1 aliphatic heterocycles. The van der Waals surface area contributed by atoms with Gasteiger partial charge >= 0.3 is 0 Å². The first-order valence-corrected chi connectivity index (χ1v) is 8.49. The molecule has 5 nitrogen and oxygen atoms in total. The van der Waals surface area contributed by atoms with Crippen molar-refractivity contribution >= 4 is 22.5 Å². The quantitative estimate of drug-likeness (QED) is 0.740. The number of carbonyl (C=O) groups excluding carboxylic acids is 1. The summed E-state index contributed by atoms with van der Waals surface area (Å²) in [4.78, 5) is 31.4. The van der Waals surface area contributed by atoms with Crippen LogP contribution >= 0.6 is 0 Å². The number of hydrogen-bond donors (Lipinski definition) is 0. The number of aromatic nitrogens is 2. The highest BCUT2D eigenvalue weighted by atomic mass is 16.2. The van der Waals surface area contributed by atoms with Gasteiger partial charge in [-0.05, 0) is 37.1 Å². The zero-order valence-electron chi connectivity index (χ0n) is 14.1. The lowest BCUT2D eigenvalue weighted by Gasteiger charge is -2.23. The van der Waals surface area contributed by atoms with Crippen LogP contribution in [0, 0.1) is 0 Å². The summed E-state index contributed by atoms with van der Waals surface area (Å²) in [6.45, 7) is 2.39. The molecule has 0 saturated carbocycles. The van der Waals surface area contributed by atoms with E-state index in [1.165, 1.54) is 16.5 Å². The summed E-state index contributed by atoms with van der Waals surface area (Å²) in [7, 11) is 0. The number of fused-ring (bicyclic) bond motifs is 2. The van der Waals surface area contributed by atoms with Gasteiger partial charge in [0.1, 0.15) is 0 Å². The van der Waals surface area contributed by atoms with E-state index in [9.17, 15) is 9.59 Å². The van der Waals surface area contributed by atoms with Gasteiger partial charge in [0.25, 0.3) is 5.56 Å². The maximum absolute atomic E-state index is 12.8. The standard InChI is InChI=1S/C20H19N3O2/c1-14-12-15-6-2-5-9-18(15)23(14)19(24)10-11-22-13-21-17-8-4-3-7-16(17)20(22)25/h2-9,13-14H,10-12H2,1H3/t14-/m1/s1. The summed E-state index contributed by atoms with van der Waals surface area (Å²) in [6.07, 6.45) is 2.68. The number of para-hydroxylation sites is 2. The third kappa shape index (κ3) is 2.71. The van der Waals surface area contributed by atoms with Crippen LogP contribution in [0.2, 0.25) is 0 Å². The van der Waals surface area contributed by atoms with Gasteiger partial charge in [0, 0.05) is 24.7 Å². The molecule has 1 atom stereocenters. The lowest BCUT2D eigenvalue weighted by Crippen LogP contribution is -2.36. The SMILES string of the molecule is C[C@@H]1Cc2ccccc2N1C(=O)CCn1cnc2ccccc2c1=O. The summed E-state index contributed by atoms with van der Waals surface area (Å²) in [5.41, 5.74) is 2.77. The summed E-state index contributed by atoms with van der Waals surface area (Å²) < 4.78 is 1.52. The normalized spacial score (nSPS) is 16.2. The van der Waals surface area contributed by atoms with Crippen molar-refractivity contribution in [2.45, 2.75) is 32.4 Å². The molecule has 0 saturated heterocycles. The van der Waals surface area contributed by atoms with Crippen molar-refractivity contribution in [3.8, 4) is 0 Å². The van der Waals surface area contributed by atoms with Crippen molar-refractivity contribution < 1.29 is 4.79 Å². The Morgan fingerprint density at radius 1 is 1.16 bits per heavy atom. The van der Waals surface area contributed by atoms with Crippen LogP contribution in [0.3, 0.4) is 0 Å². The number of benzene rings is 2. The predicted octanol–water partition coefficient (Wildman–Crippen LogP) is 2.76. The van der Waals surface area contributed by atoms with Crippen molar-refractivity contribution in [3.05, 3.63) is 70.8 Å². The zero-order chi connectivity index (χ0) is 17.4. The van der Waals surface area contributed by atoms with Gasteiger partial charge in [-0.2, -0.15) is 0 Å². The number of nitrogens with zero attached hydrogens (tertiary/aromatic N) is 3. The van der Waals surface area contributed by atoms with Crippen molar-refractivity contribution in [1.82, 2.24) is 9.55 Å². The summed E-state index contributed by atoms with van der Waals surface area (Å²) in [5.74, 6) is 0.0394. The van der Waals surface area contributed by atoms with Gasteiger partial charge in [0.15, 0.2) is 0 Å². The summed E-state index contributed by atoms with van der Waals surface area (Å²) in [5, 5.41) is 0.581. The molecule has 4 rings (SSSR count). The average Bonchev–Trinajstić information content (AvgIpc) is 2.97. The summed E-state index contributed by atoms with van der Waals surface area (Å²) in [6, 6.07) is 15.4. The Kier molecular flexibility index (Phi) is 3.84. The van der Waals surface area contributed by atoms with E-state index in [2.05, 4.69) is 18.0 Å². The monoisotopic (exact) mass is 333 g/mol. The first-order valence-electron chi connectivity index (χ1n) is 8.49. The van der Waals surface area contributed by atoms with Crippen molar-refractivity contribution in [2.24, 2.45) is 0 Å². The van der Waals surface area contributed by atoms with Crippen LogP contribution in [-0.4, -0.2) is 21.5 Å². The van der Waals surface area contributed by atoms with Crippen LogP contribution in [-0.2, 0) is 17.8 Å². The molecule has 0 aliphatic carbocycles. The van der Waals surface area contributed by atoms with E-state index in [1.807, 2.05) is 41.3 Å². The van der Waals surface area contributed by atoms with Crippen LogP contribution in [0.15, 0.2) is 59.7 Å². The Hall–Kier alpha value is -2.95. The highest BCUT2D eigenvalue weighted by Crippen LogP contribution is 2.32. The number of aryl methyl sites for hydroxylation is 1. The molecule has 126 valence electrons. The second-order valence-electron chi connectivity index (χ2n) is 6.46. The van der Waals surface area contributed by atoms with E-state index in [4.69, 9.17) is 0 Å². The Morgan fingerprint density at radius 3 is 2.80 bits per heavy atom. The van der Waals surface area contributed by atoms with Crippen molar-refractivity contribution in [2.75, 3.05) is 4.90 Å². The largest absolute Gasteiger partial charge is 0.309 e. The molecule has 2 aromatic carbocycles. The van der Waals surface area contributed by atoms with E-state index < -0.39 is 0 Å². The molecule has 0 N–H and O–H groups in total. The minimum Gasteiger partial charge on any atom is -0.309 e. The van der Waals surface area contributed by atoms with Crippen molar-refractivity contribution in [1.29, 1.82) is 0 Å². The van der Waals surface area contributed by atoms with Gasteiger partial charge in [-0.15, -0.1) is 0 Å². The molecule has 25 heavy (non-hydrogen) atoms. The van der Waals surface area contributed by atoms with E-state index >= 15 is 0 Å². The first kappa shape index (κ1) is 15.6. The van der Waals surface area contributed by atoms with Gasteiger partial charge in [-0.3, -0.25) is 14.2 Å². The third-order valence-electron chi connectivity index (χ3n) is 4.77. The van der Waals surface area contributed by atoms with Gasteiger partial charge in [0.05, 0.1) is 17.2 Å². The molecule has 0 fully saturated rings. The molecule has 2 heterocycles. The topological polar surface area (TPSA) is 55.2 Å². The number of rotatable bonds is 3. The third-order valence-corrected chi connectivity index (χ3v) is 4.77. The van der Waals surface area contributed by atoms with Crippen LogP contribution in [0.5, 0.6) is 0 Å². The number of anilines is 1. The fraction of sp³-hybridized carbons (Fsp3) is 0.250. The second-order valence-corrected chi connectivity index (χ2v) is 6.46. The second kappa shape index (κ2) is 6.16. The molecule has 1 aromatic heterocycles. The van der Waals surface area contributed by atoms with E-state index in [0.717, 1.165) is 12.1 Å². The van der Waals surface area contributed by atoms with Crippen LogP contribution < -0.4 is 10.5 Å². The fourth-order valence-electron chi connectivity index (χ4n) is 3.55. The Morgan fingerprint density at radius 2 is 1.92 bits per heavy atom. The minimum absolute atomic E-state index is 0.0394. The zero-order valence-corrected chi connectivity index (χ0v) is 14.1. The molecule has 0 spiro atoms. The maximum Gasteiger partial charge on any atom is 0.261 e. The molecular weight excluding hydrogens is 314 g/mol. The Labute approximate surface area is 145 Å². The predicted molar refractivity (Wildman–Crippen MR) is 97.7 cm³/mol.